The Morgan fingerprint density at radius 3 is 2.89 bits per heavy atom. The number of nitrogens with zero attached hydrogens (tertiary/aromatic N) is 1. The number of nitrogens with one attached hydrogen (secondary N) is 3. The molecular weight excluding hydrogens is 236 g/mol. The monoisotopic (exact) mass is 252 g/mol. The molecule has 0 unspecified atom stereocenters. The molecule has 0 bridgehead atoms. The minimum atomic E-state index is -1.05. The van der Waals surface area contributed by atoms with Gasteiger partial charge in [-0.1, -0.05) is 0 Å². The third kappa shape index (κ3) is 3.85. The number of aromatic nitrogens is 2. The highest BCUT2D eigenvalue weighted by Crippen LogP contribution is 2.17. The second-order valence-corrected chi connectivity index (χ2v) is 4.39. The van der Waals surface area contributed by atoms with Crippen LogP contribution in [0.5, 0.6) is 0 Å². The standard InChI is InChI=1S/C11H16N4O3/c16-10(5-13-7-1-2-7)15-9(11(17)18)3-8-4-12-6-14-8/h4,6-7,9,13H,1-3,5H2,(H,12,14)(H,15,16)(H,17,18)/t9-/m1/s1. The van der Waals surface area contributed by atoms with Gasteiger partial charge in [-0.3, -0.25) is 4.79 Å². The van der Waals surface area contributed by atoms with Crippen LogP contribution in [0.25, 0.3) is 0 Å². The molecule has 0 aliphatic heterocycles. The molecule has 1 heterocycles. The summed E-state index contributed by atoms with van der Waals surface area (Å²) in [7, 11) is 0. The fraction of sp³-hybridized carbons (Fsp3) is 0.545. The normalized spacial score (nSPS) is 16.2. The molecule has 18 heavy (non-hydrogen) atoms. The molecule has 1 amide bonds. The van der Waals surface area contributed by atoms with Crippen LogP contribution in [0.15, 0.2) is 12.5 Å². The zero-order valence-electron chi connectivity index (χ0n) is 9.85. The molecule has 1 fully saturated rings. The highest BCUT2D eigenvalue weighted by atomic mass is 16.4. The van der Waals surface area contributed by atoms with Crippen LogP contribution >= 0.6 is 0 Å². The number of carbonyl (C=O) groups excluding carboxylic acids is 1. The summed E-state index contributed by atoms with van der Waals surface area (Å²) in [4.78, 5) is 29.2. The maximum Gasteiger partial charge on any atom is 0.326 e. The maximum atomic E-state index is 11.6. The average molecular weight is 252 g/mol. The van der Waals surface area contributed by atoms with Crippen molar-refractivity contribution < 1.29 is 14.7 Å². The van der Waals surface area contributed by atoms with Gasteiger partial charge in [0.1, 0.15) is 6.04 Å². The third-order valence-electron chi connectivity index (χ3n) is 2.74. The van der Waals surface area contributed by atoms with E-state index >= 15 is 0 Å². The number of H-pyrrole nitrogens is 1. The van der Waals surface area contributed by atoms with Crippen molar-refractivity contribution in [1.29, 1.82) is 0 Å². The zero-order valence-corrected chi connectivity index (χ0v) is 9.85. The summed E-state index contributed by atoms with van der Waals surface area (Å²) < 4.78 is 0. The lowest BCUT2D eigenvalue weighted by Crippen LogP contribution is -2.46. The minimum Gasteiger partial charge on any atom is -0.480 e. The molecule has 4 N–H and O–H groups in total. The Bertz CT molecular complexity index is 414. The number of carboxylic acids is 1. The largest absolute Gasteiger partial charge is 0.480 e. The number of rotatable bonds is 7. The van der Waals surface area contributed by atoms with E-state index in [4.69, 9.17) is 5.11 Å². The molecule has 1 aliphatic carbocycles. The predicted octanol–water partition coefficient (Wildman–Crippen LogP) is -0.726. The van der Waals surface area contributed by atoms with E-state index in [0.29, 0.717) is 11.7 Å². The van der Waals surface area contributed by atoms with Crippen LogP contribution in [-0.2, 0) is 16.0 Å². The summed E-state index contributed by atoms with van der Waals surface area (Å²) in [6, 6.07) is -0.509. The summed E-state index contributed by atoms with van der Waals surface area (Å²) in [5.74, 6) is -1.35. The number of carbonyl (C=O) groups is 2. The maximum absolute atomic E-state index is 11.6. The summed E-state index contributed by atoms with van der Waals surface area (Å²) >= 11 is 0. The van der Waals surface area contributed by atoms with Crippen LogP contribution in [0.3, 0.4) is 0 Å². The molecule has 1 aromatic heterocycles. The van der Waals surface area contributed by atoms with Gasteiger partial charge in [-0.25, -0.2) is 9.78 Å². The van der Waals surface area contributed by atoms with E-state index in [9.17, 15) is 9.59 Å². The fourth-order valence-corrected chi connectivity index (χ4v) is 1.59. The first-order valence-corrected chi connectivity index (χ1v) is 5.88. The summed E-state index contributed by atoms with van der Waals surface area (Å²) in [6.07, 6.45) is 5.40. The topological polar surface area (TPSA) is 107 Å². The van der Waals surface area contributed by atoms with Crippen LogP contribution in [0.1, 0.15) is 18.5 Å². The molecule has 1 aliphatic rings. The van der Waals surface area contributed by atoms with Crippen LogP contribution in [-0.4, -0.2) is 45.6 Å². The van der Waals surface area contributed by atoms with Gasteiger partial charge in [-0.2, -0.15) is 0 Å². The summed E-state index contributed by atoms with van der Waals surface area (Å²) in [5, 5.41) is 14.6. The number of aliphatic carboxylic acids is 1. The Kier molecular flexibility index (Phi) is 3.93. The number of hydrogen-bond donors (Lipinski definition) is 4. The van der Waals surface area contributed by atoms with E-state index in [2.05, 4.69) is 20.6 Å². The second kappa shape index (κ2) is 5.63. The number of amides is 1. The number of imidazole rings is 1. The molecule has 0 aromatic carbocycles. The molecule has 1 aromatic rings. The molecule has 7 heteroatoms. The quantitative estimate of drug-likeness (QED) is 0.512. The van der Waals surface area contributed by atoms with E-state index < -0.39 is 12.0 Å². The van der Waals surface area contributed by atoms with Crippen molar-refractivity contribution >= 4 is 11.9 Å². The molecule has 1 atom stereocenters. The van der Waals surface area contributed by atoms with Gasteiger partial charge in [-0.15, -0.1) is 0 Å². The molecule has 98 valence electrons. The Balaban J connectivity index is 1.81. The van der Waals surface area contributed by atoms with Crippen molar-refractivity contribution in [1.82, 2.24) is 20.6 Å². The second-order valence-electron chi connectivity index (χ2n) is 4.39. The van der Waals surface area contributed by atoms with E-state index in [0.717, 1.165) is 12.8 Å². The van der Waals surface area contributed by atoms with Crippen molar-refractivity contribution in [2.45, 2.75) is 31.3 Å². The van der Waals surface area contributed by atoms with Crippen LogP contribution in [0.4, 0.5) is 0 Å². The summed E-state index contributed by atoms with van der Waals surface area (Å²) in [6.45, 7) is 0.164. The predicted molar refractivity (Wildman–Crippen MR) is 62.9 cm³/mol. The molecule has 2 rings (SSSR count). The Morgan fingerprint density at radius 2 is 2.33 bits per heavy atom. The van der Waals surface area contributed by atoms with Gasteiger partial charge >= 0.3 is 5.97 Å². The van der Waals surface area contributed by atoms with Crippen molar-refractivity contribution in [2.75, 3.05) is 6.54 Å². The Morgan fingerprint density at radius 1 is 1.56 bits per heavy atom. The van der Waals surface area contributed by atoms with E-state index in [1.165, 1.54) is 6.33 Å². The average Bonchev–Trinajstić information content (AvgIpc) is 3.02. The molecule has 0 radical (unpaired) electrons. The van der Waals surface area contributed by atoms with Gasteiger partial charge in [0.05, 0.1) is 12.9 Å². The van der Waals surface area contributed by atoms with Gasteiger partial charge in [0.15, 0.2) is 0 Å². The molecule has 1 saturated carbocycles. The van der Waals surface area contributed by atoms with Crippen molar-refractivity contribution in [3.63, 3.8) is 0 Å². The van der Waals surface area contributed by atoms with Crippen molar-refractivity contribution in [3.05, 3.63) is 18.2 Å². The van der Waals surface area contributed by atoms with Gasteiger partial charge in [0, 0.05) is 24.4 Å². The molecule has 0 saturated heterocycles. The van der Waals surface area contributed by atoms with Gasteiger partial charge in [0.2, 0.25) is 5.91 Å². The fourth-order valence-electron chi connectivity index (χ4n) is 1.59. The van der Waals surface area contributed by atoms with Crippen molar-refractivity contribution in [3.8, 4) is 0 Å². The summed E-state index contributed by atoms with van der Waals surface area (Å²) in [5.41, 5.74) is 0.679. The Hall–Kier alpha value is -1.89. The lowest BCUT2D eigenvalue weighted by molar-refractivity contribution is -0.141. The third-order valence-corrected chi connectivity index (χ3v) is 2.74. The van der Waals surface area contributed by atoms with Gasteiger partial charge in [-0.05, 0) is 12.8 Å². The highest BCUT2D eigenvalue weighted by molar-refractivity contribution is 5.84. The smallest absolute Gasteiger partial charge is 0.326 e. The minimum absolute atomic E-state index is 0.164. The van der Waals surface area contributed by atoms with Gasteiger partial charge < -0.3 is 20.7 Å². The van der Waals surface area contributed by atoms with Crippen molar-refractivity contribution in [2.24, 2.45) is 0 Å². The SMILES string of the molecule is O=C(CNC1CC1)N[C@H](Cc1cnc[nH]1)C(=O)O. The first-order valence-electron chi connectivity index (χ1n) is 5.88. The van der Waals surface area contributed by atoms with E-state index in [-0.39, 0.29) is 18.9 Å². The van der Waals surface area contributed by atoms with E-state index in [1.54, 1.807) is 6.20 Å². The number of carboxylic acid groups (broad SMARTS) is 1. The highest BCUT2D eigenvalue weighted by Gasteiger charge is 2.24. The lowest BCUT2D eigenvalue weighted by atomic mass is 10.1. The Labute approximate surface area is 104 Å². The first kappa shape index (κ1) is 12.6. The molecular formula is C11H16N4O3. The van der Waals surface area contributed by atoms with Crippen LogP contribution < -0.4 is 10.6 Å². The van der Waals surface area contributed by atoms with Gasteiger partial charge in [0.25, 0.3) is 0 Å². The molecule has 0 spiro atoms. The number of aromatic amines is 1. The lowest BCUT2D eigenvalue weighted by Gasteiger charge is -2.13. The van der Waals surface area contributed by atoms with Crippen LogP contribution in [0, 0.1) is 0 Å². The number of hydrogen-bond acceptors (Lipinski definition) is 4. The van der Waals surface area contributed by atoms with Crippen LogP contribution in [0.2, 0.25) is 0 Å². The van der Waals surface area contributed by atoms with E-state index in [1.807, 2.05) is 0 Å². The zero-order chi connectivity index (χ0) is 13.0. The first-order chi connectivity index (χ1) is 8.65. The molecule has 7 nitrogen and oxygen atoms in total.